The molecule has 1 N–H and O–H groups in total. The number of carbonyl (C=O) groups is 1. The molecular formula is C22H31N3O3S2. The fourth-order valence-corrected chi connectivity index (χ4v) is 6.24. The minimum absolute atomic E-state index is 0.171. The first-order valence-corrected chi connectivity index (χ1v) is 12.9. The Kier molecular flexibility index (Phi) is 8.05. The Balaban J connectivity index is 1.45. The maximum Gasteiger partial charge on any atom is 0.251 e. The molecule has 1 aromatic heterocycles. The number of nitrogens with zero attached hydrogens (tertiary/aromatic N) is 2. The van der Waals surface area contributed by atoms with Crippen molar-refractivity contribution < 1.29 is 13.2 Å². The molecule has 2 aromatic rings. The van der Waals surface area contributed by atoms with Crippen molar-refractivity contribution in [1.82, 2.24) is 14.5 Å². The lowest BCUT2D eigenvalue weighted by Crippen LogP contribution is -2.39. The summed E-state index contributed by atoms with van der Waals surface area (Å²) in [5, 5.41) is 5.09. The third kappa shape index (κ3) is 5.49. The fraction of sp³-hybridized carbons (Fsp3) is 0.500. The van der Waals surface area contributed by atoms with Crippen LogP contribution in [-0.4, -0.2) is 62.8 Å². The molecule has 0 spiro atoms. The van der Waals surface area contributed by atoms with Crippen molar-refractivity contribution in [2.24, 2.45) is 0 Å². The predicted molar refractivity (Wildman–Crippen MR) is 122 cm³/mol. The lowest BCUT2D eigenvalue weighted by molar-refractivity contribution is 0.0945. The number of benzene rings is 1. The highest BCUT2D eigenvalue weighted by molar-refractivity contribution is 7.89. The fourth-order valence-electron chi connectivity index (χ4n) is 3.89. The number of thiophene rings is 1. The highest BCUT2D eigenvalue weighted by Gasteiger charge is 2.22. The van der Waals surface area contributed by atoms with Gasteiger partial charge in [0, 0.05) is 36.6 Å². The van der Waals surface area contributed by atoms with Gasteiger partial charge in [-0.2, -0.15) is 4.31 Å². The number of amides is 1. The average molecular weight is 450 g/mol. The van der Waals surface area contributed by atoms with Crippen LogP contribution in [0.25, 0.3) is 0 Å². The number of likely N-dealkylation sites (tertiary alicyclic amines) is 1. The molecule has 30 heavy (non-hydrogen) atoms. The number of nitrogens with one attached hydrogen (secondary N) is 1. The van der Waals surface area contributed by atoms with Crippen LogP contribution in [0.4, 0.5) is 0 Å². The van der Waals surface area contributed by atoms with E-state index in [0.29, 0.717) is 31.1 Å². The van der Waals surface area contributed by atoms with E-state index in [1.165, 1.54) is 21.3 Å². The van der Waals surface area contributed by atoms with Crippen molar-refractivity contribution in [2.45, 2.75) is 37.5 Å². The number of carbonyl (C=O) groups excluding carboxylic acids is 1. The second-order valence-electron chi connectivity index (χ2n) is 7.50. The topological polar surface area (TPSA) is 69.7 Å². The van der Waals surface area contributed by atoms with Gasteiger partial charge in [-0.3, -0.25) is 4.79 Å². The zero-order valence-corrected chi connectivity index (χ0v) is 19.3. The molecule has 3 rings (SSSR count). The summed E-state index contributed by atoms with van der Waals surface area (Å²) in [5.41, 5.74) is 0.477. The number of hydrogen-bond acceptors (Lipinski definition) is 5. The summed E-state index contributed by atoms with van der Waals surface area (Å²) in [4.78, 5) is 16.5. The minimum atomic E-state index is -3.50. The van der Waals surface area contributed by atoms with Crippen molar-refractivity contribution in [3.8, 4) is 0 Å². The summed E-state index contributed by atoms with van der Waals surface area (Å²) in [6.45, 7) is 7.99. The van der Waals surface area contributed by atoms with E-state index in [1.54, 1.807) is 12.1 Å². The van der Waals surface area contributed by atoms with Crippen molar-refractivity contribution in [2.75, 3.05) is 39.3 Å². The van der Waals surface area contributed by atoms with Crippen LogP contribution < -0.4 is 5.32 Å². The molecule has 1 aliphatic rings. The number of rotatable bonds is 9. The molecule has 164 valence electrons. The van der Waals surface area contributed by atoms with E-state index in [4.69, 9.17) is 0 Å². The maximum absolute atomic E-state index is 12.5. The van der Waals surface area contributed by atoms with Gasteiger partial charge >= 0.3 is 0 Å². The van der Waals surface area contributed by atoms with Crippen LogP contribution in [0, 0.1) is 0 Å². The zero-order valence-electron chi connectivity index (χ0n) is 17.7. The lowest BCUT2D eigenvalue weighted by atomic mass is 9.95. The molecular weight excluding hydrogens is 418 g/mol. The van der Waals surface area contributed by atoms with Crippen molar-refractivity contribution in [3.05, 3.63) is 52.2 Å². The SMILES string of the molecule is CCN(CC)S(=O)(=O)c1ccc(C(=O)NCCN2CCC(c3cccs3)CC2)cc1. The van der Waals surface area contributed by atoms with Crippen LogP contribution in [-0.2, 0) is 10.0 Å². The Morgan fingerprint density at radius 1 is 1.13 bits per heavy atom. The molecule has 1 saturated heterocycles. The summed E-state index contributed by atoms with van der Waals surface area (Å²) in [7, 11) is -3.50. The highest BCUT2D eigenvalue weighted by Crippen LogP contribution is 2.30. The van der Waals surface area contributed by atoms with Gasteiger partial charge in [0.15, 0.2) is 0 Å². The predicted octanol–water partition coefficient (Wildman–Crippen LogP) is 3.39. The molecule has 1 amide bonds. The summed E-state index contributed by atoms with van der Waals surface area (Å²) in [6, 6.07) is 10.5. The minimum Gasteiger partial charge on any atom is -0.351 e. The zero-order chi connectivity index (χ0) is 21.6. The van der Waals surface area contributed by atoms with E-state index in [-0.39, 0.29) is 10.8 Å². The highest BCUT2D eigenvalue weighted by atomic mass is 32.2. The van der Waals surface area contributed by atoms with Gasteiger partial charge in [-0.1, -0.05) is 19.9 Å². The molecule has 0 aliphatic carbocycles. The standard InChI is InChI=1S/C22H31N3O3S2/c1-3-25(4-2)30(27,28)20-9-7-19(8-10-20)22(26)23-13-16-24-14-11-18(12-15-24)21-6-5-17-29-21/h5-10,17-18H,3-4,11-16H2,1-2H3,(H,23,26). The van der Waals surface area contributed by atoms with Gasteiger partial charge in [0.2, 0.25) is 10.0 Å². The molecule has 8 heteroatoms. The Bertz CT molecular complexity index is 900. The number of piperidine rings is 1. The molecule has 1 fully saturated rings. The Hall–Kier alpha value is -1.74. The number of sulfonamides is 1. The molecule has 0 unspecified atom stereocenters. The Labute approximate surface area is 183 Å². The second-order valence-corrected chi connectivity index (χ2v) is 10.4. The van der Waals surface area contributed by atoms with Crippen molar-refractivity contribution >= 4 is 27.3 Å². The third-order valence-corrected chi connectivity index (χ3v) is 8.81. The van der Waals surface area contributed by atoms with Gasteiger partial charge < -0.3 is 10.2 Å². The van der Waals surface area contributed by atoms with E-state index in [9.17, 15) is 13.2 Å². The van der Waals surface area contributed by atoms with Gasteiger partial charge in [0.25, 0.3) is 5.91 Å². The normalized spacial score (nSPS) is 16.1. The molecule has 1 aliphatic heterocycles. The van der Waals surface area contributed by atoms with Gasteiger partial charge in [-0.15, -0.1) is 11.3 Å². The van der Waals surface area contributed by atoms with Gasteiger partial charge in [-0.05, 0) is 67.6 Å². The van der Waals surface area contributed by atoms with Crippen molar-refractivity contribution in [1.29, 1.82) is 0 Å². The molecule has 0 saturated carbocycles. The summed E-state index contributed by atoms with van der Waals surface area (Å²) in [5.74, 6) is 0.497. The van der Waals surface area contributed by atoms with E-state index < -0.39 is 10.0 Å². The van der Waals surface area contributed by atoms with Crippen LogP contribution in [0.3, 0.4) is 0 Å². The van der Waals surface area contributed by atoms with Gasteiger partial charge in [-0.25, -0.2) is 8.42 Å². The Morgan fingerprint density at radius 2 is 1.80 bits per heavy atom. The van der Waals surface area contributed by atoms with Gasteiger partial charge in [0.1, 0.15) is 0 Å². The number of hydrogen-bond donors (Lipinski definition) is 1. The lowest BCUT2D eigenvalue weighted by Gasteiger charge is -2.31. The van der Waals surface area contributed by atoms with Crippen LogP contribution in [0.2, 0.25) is 0 Å². The second kappa shape index (κ2) is 10.5. The smallest absolute Gasteiger partial charge is 0.251 e. The molecule has 1 aromatic carbocycles. The first-order chi connectivity index (χ1) is 14.5. The van der Waals surface area contributed by atoms with Crippen LogP contribution in [0.1, 0.15) is 47.8 Å². The molecule has 0 radical (unpaired) electrons. The van der Waals surface area contributed by atoms with Gasteiger partial charge in [0.05, 0.1) is 4.90 Å². The average Bonchev–Trinajstić information content (AvgIpc) is 3.30. The monoisotopic (exact) mass is 449 g/mol. The van der Waals surface area contributed by atoms with Crippen molar-refractivity contribution in [3.63, 3.8) is 0 Å². The van der Waals surface area contributed by atoms with E-state index in [0.717, 1.165) is 32.5 Å². The first-order valence-electron chi connectivity index (χ1n) is 10.6. The summed E-state index contributed by atoms with van der Waals surface area (Å²) in [6.07, 6.45) is 2.33. The van der Waals surface area contributed by atoms with E-state index >= 15 is 0 Å². The molecule has 0 bridgehead atoms. The maximum atomic E-state index is 12.5. The summed E-state index contributed by atoms with van der Waals surface area (Å²) < 4.78 is 26.5. The first kappa shape index (κ1) is 22.9. The van der Waals surface area contributed by atoms with E-state index in [1.807, 2.05) is 25.2 Å². The van der Waals surface area contributed by atoms with Crippen LogP contribution in [0.15, 0.2) is 46.7 Å². The third-order valence-electron chi connectivity index (χ3n) is 5.71. The van der Waals surface area contributed by atoms with E-state index in [2.05, 4.69) is 27.7 Å². The Morgan fingerprint density at radius 3 is 2.37 bits per heavy atom. The molecule has 2 heterocycles. The van der Waals surface area contributed by atoms with Crippen LogP contribution in [0.5, 0.6) is 0 Å². The largest absolute Gasteiger partial charge is 0.351 e. The molecule has 0 atom stereocenters. The van der Waals surface area contributed by atoms with Crippen LogP contribution >= 0.6 is 11.3 Å². The quantitative estimate of drug-likeness (QED) is 0.637. The summed E-state index contributed by atoms with van der Waals surface area (Å²) >= 11 is 1.84. The molecule has 6 nitrogen and oxygen atoms in total.